The van der Waals surface area contributed by atoms with E-state index in [4.69, 9.17) is 15.7 Å². The molecule has 2 N–H and O–H groups in total. The van der Waals surface area contributed by atoms with Gasteiger partial charge in [-0.1, -0.05) is 30.3 Å². The number of nitriles is 1. The maximum atomic E-state index is 12.3. The maximum absolute atomic E-state index is 12.3. The molecule has 9 nitrogen and oxygen atoms in total. The molecule has 34 heavy (non-hydrogen) atoms. The SMILES string of the molecule is CCOc1ccccc1CN(C(N)=O)N1CCN(c2cncn2Cc2ccc(C#N)cc2)CC1. The molecule has 0 aliphatic carbocycles. The Labute approximate surface area is 199 Å². The summed E-state index contributed by atoms with van der Waals surface area (Å²) in [6.45, 7) is 6.30. The number of carbonyl (C=O) groups excluding carboxylic acids is 1. The summed E-state index contributed by atoms with van der Waals surface area (Å²) < 4.78 is 7.81. The van der Waals surface area contributed by atoms with Gasteiger partial charge in [-0.2, -0.15) is 5.26 Å². The number of hydrogen-bond donors (Lipinski definition) is 1. The van der Waals surface area contributed by atoms with Crippen molar-refractivity contribution >= 4 is 11.8 Å². The highest BCUT2D eigenvalue weighted by Gasteiger charge is 2.26. The fourth-order valence-electron chi connectivity index (χ4n) is 4.16. The van der Waals surface area contributed by atoms with Crippen LogP contribution in [0.25, 0.3) is 0 Å². The predicted molar refractivity (Wildman–Crippen MR) is 129 cm³/mol. The first-order valence-corrected chi connectivity index (χ1v) is 11.4. The second-order valence-electron chi connectivity index (χ2n) is 8.07. The third-order valence-electron chi connectivity index (χ3n) is 5.89. The molecule has 0 saturated carbocycles. The molecule has 2 heterocycles. The number of nitrogens with two attached hydrogens (primary N) is 1. The number of urea groups is 1. The van der Waals surface area contributed by atoms with Gasteiger partial charge in [-0.3, -0.25) is 5.01 Å². The van der Waals surface area contributed by atoms with E-state index in [9.17, 15) is 4.79 Å². The molecule has 0 unspecified atom stereocenters. The van der Waals surface area contributed by atoms with E-state index in [1.54, 1.807) is 5.01 Å². The second-order valence-corrected chi connectivity index (χ2v) is 8.07. The summed E-state index contributed by atoms with van der Waals surface area (Å²) in [4.78, 5) is 18.9. The average Bonchev–Trinajstić information content (AvgIpc) is 3.32. The van der Waals surface area contributed by atoms with Crippen molar-refractivity contribution in [2.75, 3.05) is 37.7 Å². The predicted octanol–water partition coefficient (Wildman–Crippen LogP) is 2.82. The first-order chi connectivity index (χ1) is 16.6. The van der Waals surface area contributed by atoms with Gasteiger partial charge < -0.3 is 19.9 Å². The van der Waals surface area contributed by atoms with Crippen molar-refractivity contribution in [3.63, 3.8) is 0 Å². The zero-order chi connectivity index (χ0) is 23.9. The van der Waals surface area contributed by atoms with Crippen molar-refractivity contribution in [3.8, 4) is 11.8 Å². The van der Waals surface area contributed by atoms with E-state index in [1.165, 1.54) is 0 Å². The molecule has 0 spiro atoms. The summed E-state index contributed by atoms with van der Waals surface area (Å²) in [7, 11) is 0. The van der Waals surface area contributed by atoms with E-state index in [0.717, 1.165) is 35.8 Å². The molecular weight excluding hydrogens is 430 g/mol. The van der Waals surface area contributed by atoms with Crippen LogP contribution < -0.4 is 15.4 Å². The third kappa shape index (κ3) is 5.30. The zero-order valence-corrected chi connectivity index (χ0v) is 19.3. The summed E-state index contributed by atoms with van der Waals surface area (Å²) >= 11 is 0. The number of amides is 2. The Morgan fingerprint density at radius 2 is 1.88 bits per heavy atom. The van der Waals surface area contributed by atoms with Crippen LogP contribution in [0.5, 0.6) is 5.75 Å². The van der Waals surface area contributed by atoms with Crippen LogP contribution in [-0.4, -0.2) is 58.4 Å². The van der Waals surface area contributed by atoms with Gasteiger partial charge in [0.15, 0.2) is 0 Å². The number of primary amides is 1. The summed E-state index contributed by atoms with van der Waals surface area (Å²) in [6.07, 6.45) is 3.68. The second kappa shape index (κ2) is 10.7. The summed E-state index contributed by atoms with van der Waals surface area (Å²) in [6, 6.07) is 17.0. The number of anilines is 1. The average molecular weight is 460 g/mol. The molecule has 2 aromatic carbocycles. The highest BCUT2D eigenvalue weighted by atomic mass is 16.5. The lowest BCUT2D eigenvalue weighted by atomic mass is 10.1. The van der Waals surface area contributed by atoms with Gasteiger partial charge in [0.05, 0.1) is 43.9 Å². The molecular formula is C25H29N7O2. The Balaban J connectivity index is 1.41. The van der Waals surface area contributed by atoms with Gasteiger partial charge in [0.1, 0.15) is 11.6 Å². The zero-order valence-electron chi connectivity index (χ0n) is 19.3. The van der Waals surface area contributed by atoms with Gasteiger partial charge in [-0.15, -0.1) is 0 Å². The van der Waals surface area contributed by atoms with Gasteiger partial charge in [-0.05, 0) is 30.7 Å². The van der Waals surface area contributed by atoms with Gasteiger partial charge in [0.25, 0.3) is 0 Å². The number of para-hydroxylation sites is 1. The van der Waals surface area contributed by atoms with Crippen molar-refractivity contribution in [1.82, 2.24) is 19.6 Å². The van der Waals surface area contributed by atoms with Gasteiger partial charge in [-0.25, -0.2) is 14.8 Å². The highest BCUT2D eigenvalue weighted by Crippen LogP contribution is 2.23. The smallest absolute Gasteiger partial charge is 0.329 e. The molecule has 1 aromatic heterocycles. The standard InChI is InChI=1S/C25H29N7O2/c1-2-34-23-6-4-3-5-22(23)18-32(25(27)33)31-13-11-29(12-14-31)24-16-28-19-30(24)17-21-9-7-20(15-26)8-10-21/h3-10,16,19H,2,11-14,17-18H2,1H3,(H2,27,33). The first kappa shape index (κ1) is 23.1. The molecule has 1 fully saturated rings. The number of hydrazine groups is 1. The van der Waals surface area contributed by atoms with Crippen LogP contribution in [-0.2, 0) is 13.1 Å². The van der Waals surface area contributed by atoms with E-state index in [-0.39, 0.29) is 0 Å². The van der Waals surface area contributed by atoms with Crippen LogP contribution >= 0.6 is 0 Å². The van der Waals surface area contributed by atoms with Crippen LogP contribution in [0.2, 0.25) is 0 Å². The van der Waals surface area contributed by atoms with E-state index < -0.39 is 6.03 Å². The highest BCUT2D eigenvalue weighted by molar-refractivity contribution is 5.71. The minimum absolute atomic E-state index is 0.363. The van der Waals surface area contributed by atoms with Crippen molar-refractivity contribution in [2.24, 2.45) is 5.73 Å². The number of rotatable bonds is 8. The Kier molecular flexibility index (Phi) is 7.30. The number of aromatic nitrogens is 2. The molecule has 0 atom stereocenters. The lowest BCUT2D eigenvalue weighted by molar-refractivity contribution is 0.00546. The number of ether oxygens (including phenoxy) is 1. The normalized spacial score (nSPS) is 13.9. The Morgan fingerprint density at radius 1 is 1.15 bits per heavy atom. The van der Waals surface area contributed by atoms with Gasteiger partial charge >= 0.3 is 6.03 Å². The number of piperazine rings is 1. The van der Waals surface area contributed by atoms with Gasteiger partial charge in [0.2, 0.25) is 0 Å². The van der Waals surface area contributed by atoms with E-state index in [0.29, 0.717) is 38.3 Å². The number of carbonyl (C=O) groups is 1. The molecule has 0 radical (unpaired) electrons. The quantitative estimate of drug-likeness (QED) is 0.556. The third-order valence-corrected chi connectivity index (χ3v) is 5.89. The van der Waals surface area contributed by atoms with Crippen LogP contribution in [0, 0.1) is 11.3 Å². The molecule has 176 valence electrons. The Morgan fingerprint density at radius 3 is 2.56 bits per heavy atom. The first-order valence-electron chi connectivity index (χ1n) is 11.4. The summed E-state index contributed by atoms with van der Waals surface area (Å²) in [5.41, 5.74) is 8.43. The number of hydrogen-bond acceptors (Lipinski definition) is 6. The van der Waals surface area contributed by atoms with E-state index in [1.807, 2.05) is 73.0 Å². The van der Waals surface area contributed by atoms with Crippen molar-refractivity contribution < 1.29 is 9.53 Å². The lowest BCUT2D eigenvalue weighted by Crippen LogP contribution is -2.56. The van der Waals surface area contributed by atoms with Crippen LogP contribution in [0.15, 0.2) is 61.1 Å². The monoisotopic (exact) mass is 459 g/mol. The van der Waals surface area contributed by atoms with Crippen molar-refractivity contribution in [1.29, 1.82) is 5.26 Å². The molecule has 1 saturated heterocycles. The molecule has 1 aliphatic rings. The molecule has 1 aliphatic heterocycles. The van der Waals surface area contributed by atoms with E-state index >= 15 is 0 Å². The molecule has 4 rings (SSSR count). The van der Waals surface area contributed by atoms with Crippen molar-refractivity contribution in [2.45, 2.75) is 20.0 Å². The molecule has 2 amide bonds. The number of imidazole rings is 1. The Bertz CT molecular complexity index is 1140. The minimum Gasteiger partial charge on any atom is -0.494 e. The van der Waals surface area contributed by atoms with E-state index in [2.05, 4.69) is 20.5 Å². The van der Waals surface area contributed by atoms with Gasteiger partial charge in [0, 0.05) is 31.7 Å². The number of benzene rings is 2. The molecule has 9 heteroatoms. The fourth-order valence-corrected chi connectivity index (χ4v) is 4.16. The molecule has 0 bridgehead atoms. The Hall–Kier alpha value is -4.03. The summed E-state index contributed by atoms with van der Waals surface area (Å²) in [5, 5.41) is 12.6. The molecule has 3 aromatic rings. The topological polar surface area (TPSA) is 104 Å². The summed E-state index contributed by atoms with van der Waals surface area (Å²) in [5.74, 6) is 1.79. The largest absolute Gasteiger partial charge is 0.494 e. The maximum Gasteiger partial charge on any atom is 0.329 e. The number of nitrogens with zero attached hydrogens (tertiary/aromatic N) is 6. The van der Waals surface area contributed by atoms with Crippen LogP contribution in [0.4, 0.5) is 10.6 Å². The van der Waals surface area contributed by atoms with Crippen molar-refractivity contribution in [3.05, 3.63) is 77.7 Å². The van der Waals surface area contributed by atoms with Crippen LogP contribution in [0.3, 0.4) is 0 Å². The fraction of sp³-hybridized carbons (Fsp3) is 0.320. The lowest BCUT2D eigenvalue weighted by Gasteiger charge is -2.41. The van der Waals surface area contributed by atoms with Crippen LogP contribution in [0.1, 0.15) is 23.6 Å². The minimum atomic E-state index is -0.481.